The van der Waals surface area contributed by atoms with Gasteiger partial charge >= 0.3 is 0 Å². The average molecular weight is 480 g/mol. The van der Waals surface area contributed by atoms with Gasteiger partial charge < -0.3 is 24.5 Å². The first-order valence-electron chi connectivity index (χ1n) is 12.5. The van der Waals surface area contributed by atoms with Gasteiger partial charge in [0.05, 0.1) is 27.4 Å². The highest BCUT2D eigenvalue weighted by Gasteiger charge is 2.23. The number of morpholine rings is 1. The number of fused-ring (bicyclic) bond motifs is 1. The first-order valence-corrected chi connectivity index (χ1v) is 12.5. The third kappa shape index (κ3) is 5.97. The van der Waals surface area contributed by atoms with Gasteiger partial charge in [0.25, 0.3) is 0 Å². The molecule has 0 bridgehead atoms. The molecule has 188 valence electrons. The summed E-state index contributed by atoms with van der Waals surface area (Å²) >= 11 is 0. The standard InChI is InChI=1S/C28H37N3O4/c1-4-20-7-5-8-22-24(19-30-28(20)22)23(21-9-10-25(33-2)26(17-21)34-3)18-27(32)29-11-6-12-31-13-15-35-16-14-31/h5,7-10,17,19,23,30H,4,6,11-16,18H2,1-3H3,(H,29,32)/t23-/m0/s1. The van der Waals surface area contributed by atoms with Crippen LogP contribution in [0, 0.1) is 0 Å². The number of para-hydroxylation sites is 1. The van der Waals surface area contributed by atoms with Gasteiger partial charge in [-0.15, -0.1) is 0 Å². The van der Waals surface area contributed by atoms with Crippen molar-refractivity contribution < 1.29 is 19.0 Å². The Balaban J connectivity index is 1.54. The van der Waals surface area contributed by atoms with Crippen LogP contribution in [0.1, 0.15) is 42.4 Å². The zero-order valence-corrected chi connectivity index (χ0v) is 21.1. The van der Waals surface area contributed by atoms with Crippen LogP contribution in [0.4, 0.5) is 0 Å². The van der Waals surface area contributed by atoms with Gasteiger partial charge in [-0.1, -0.05) is 31.2 Å². The third-order valence-electron chi connectivity index (χ3n) is 6.87. The number of carbonyl (C=O) groups excluding carboxylic acids is 1. The number of rotatable bonds is 11. The zero-order valence-electron chi connectivity index (χ0n) is 21.1. The number of methoxy groups -OCH3 is 2. The lowest BCUT2D eigenvalue weighted by Crippen LogP contribution is -2.38. The number of aromatic amines is 1. The molecule has 0 spiro atoms. The van der Waals surface area contributed by atoms with E-state index in [0.717, 1.165) is 67.7 Å². The van der Waals surface area contributed by atoms with Crippen molar-refractivity contribution >= 4 is 16.8 Å². The monoisotopic (exact) mass is 479 g/mol. The molecule has 1 atom stereocenters. The largest absolute Gasteiger partial charge is 0.493 e. The van der Waals surface area contributed by atoms with Crippen molar-refractivity contribution in [3.63, 3.8) is 0 Å². The number of aryl methyl sites for hydroxylation is 1. The van der Waals surface area contributed by atoms with Crippen LogP contribution in [0.2, 0.25) is 0 Å². The Morgan fingerprint density at radius 2 is 1.94 bits per heavy atom. The van der Waals surface area contributed by atoms with Crippen molar-refractivity contribution in [2.45, 2.75) is 32.1 Å². The lowest BCUT2D eigenvalue weighted by Gasteiger charge is -2.26. The molecule has 1 amide bonds. The van der Waals surface area contributed by atoms with E-state index in [2.05, 4.69) is 46.5 Å². The van der Waals surface area contributed by atoms with Crippen LogP contribution in [0.3, 0.4) is 0 Å². The SMILES string of the molecule is CCc1cccc2c([C@@H](CC(=O)NCCCN3CCOCC3)c3ccc(OC)c(OC)c3)c[nH]c12. The molecule has 1 aliphatic heterocycles. The van der Waals surface area contributed by atoms with Crippen LogP contribution in [0.15, 0.2) is 42.6 Å². The highest BCUT2D eigenvalue weighted by molar-refractivity contribution is 5.88. The van der Waals surface area contributed by atoms with Crippen LogP contribution >= 0.6 is 0 Å². The first kappa shape index (κ1) is 25.1. The molecule has 7 nitrogen and oxygen atoms in total. The van der Waals surface area contributed by atoms with Crippen molar-refractivity contribution in [3.8, 4) is 11.5 Å². The Hall–Kier alpha value is -3.03. The van der Waals surface area contributed by atoms with E-state index in [1.165, 1.54) is 5.56 Å². The predicted molar refractivity (Wildman–Crippen MR) is 139 cm³/mol. The van der Waals surface area contributed by atoms with Crippen molar-refractivity contribution in [1.82, 2.24) is 15.2 Å². The van der Waals surface area contributed by atoms with Gasteiger partial charge in [0, 0.05) is 49.1 Å². The quantitative estimate of drug-likeness (QED) is 0.405. The number of nitrogens with one attached hydrogen (secondary N) is 2. The number of benzene rings is 2. The number of hydrogen-bond donors (Lipinski definition) is 2. The van der Waals surface area contributed by atoms with Gasteiger partial charge in [-0.2, -0.15) is 0 Å². The molecule has 2 heterocycles. The highest BCUT2D eigenvalue weighted by atomic mass is 16.5. The molecule has 7 heteroatoms. The maximum atomic E-state index is 13.1. The van der Waals surface area contributed by atoms with Crippen LogP contribution in [-0.4, -0.2) is 69.4 Å². The van der Waals surface area contributed by atoms with Gasteiger partial charge in [-0.05, 0) is 48.2 Å². The molecule has 35 heavy (non-hydrogen) atoms. The molecule has 3 aromatic rings. The minimum atomic E-state index is -0.116. The van der Waals surface area contributed by atoms with Gasteiger partial charge in [0.15, 0.2) is 11.5 Å². The van der Waals surface area contributed by atoms with Gasteiger partial charge in [-0.25, -0.2) is 0 Å². The molecule has 0 aliphatic carbocycles. The molecular weight excluding hydrogens is 442 g/mol. The summed E-state index contributed by atoms with van der Waals surface area (Å²) in [5.41, 5.74) is 4.55. The Morgan fingerprint density at radius 3 is 2.69 bits per heavy atom. The molecule has 2 aromatic carbocycles. The Labute approximate surface area is 207 Å². The van der Waals surface area contributed by atoms with E-state index >= 15 is 0 Å². The Bertz CT molecular complexity index is 1120. The summed E-state index contributed by atoms with van der Waals surface area (Å²) in [5.74, 6) is 1.27. The maximum Gasteiger partial charge on any atom is 0.220 e. The van der Waals surface area contributed by atoms with E-state index in [4.69, 9.17) is 14.2 Å². The summed E-state index contributed by atoms with van der Waals surface area (Å²) in [6.07, 6.45) is 4.29. The maximum absolute atomic E-state index is 13.1. The van der Waals surface area contributed by atoms with Crippen LogP contribution in [0.5, 0.6) is 11.5 Å². The number of carbonyl (C=O) groups is 1. The molecule has 1 aromatic heterocycles. The molecule has 1 saturated heterocycles. The number of aromatic nitrogens is 1. The van der Waals surface area contributed by atoms with E-state index in [-0.39, 0.29) is 11.8 Å². The summed E-state index contributed by atoms with van der Waals surface area (Å²) in [6.45, 7) is 7.33. The summed E-state index contributed by atoms with van der Waals surface area (Å²) in [5, 5.41) is 4.30. The van der Waals surface area contributed by atoms with E-state index in [0.29, 0.717) is 24.5 Å². The molecule has 0 unspecified atom stereocenters. The van der Waals surface area contributed by atoms with Gasteiger partial charge in [0.2, 0.25) is 5.91 Å². The molecular formula is C28H37N3O4. The second-order valence-electron chi connectivity index (χ2n) is 8.97. The normalized spacial score (nSPS) is 15.2. The summed E-state index contributed by atoms with van der Waals surface area (Å²) in [4.78, 5) is 19.0. The first-order chi connectivity index (χ1) is 17.1. The minimum absolute atomic E-state index is 0.0489. The lowest BCUT2D eigenvalue weighted by molar-refractivity contribution is -0.121. The minimum Gasteiger partial charge on any atom is -0.493 e. The van der Waals surface area contributed by atoms with Gasteiger partial charge in [-0.3, -0.25) is 9.69 Å². The number of hydrogen-bond acceptors (Lipinski definition) is 5. The number of nitrogens with zero attached hydrogens (tertiary/aromatic N) is 1. The molecule has 1 aliphatic rings. The fourth-order valence-electron chi connectivity index (χ4n) is 4.91. The average Bonchev–Trinajstić information content (AvgIpc) is 3.34. The predicted octanol–water partition coefficient (Wildman–Crippen LogP) is 4.11. The molecule has 0 saturated carbocycles. The smallest absolute Gasteiger partial charge is 0.220 e. The number of ether oxygens (including phenoxy) is 3. The molecule has 2 N–H and O–H groups in total. The molecule has 4 rings (SSSR count). The fraction of sp³-hybridized carbons (Fsp3) is 0.464. The summed E-state index contributed by atoms with van der Waals surface area (Å²) in [7, 11) is 3.27. The lowest BCUT2D eigenvalue weighted by atomic mass is 9.87. The third-order valence-corrected chi connectivity index (χ3v) is 6.87. The van der Waals surface area contributed by atoms with E-state index in [9.17, 15) is 4.79 Å². The van der Waals surface area contributed by atoms with Crippen LogP contribution in [-0.2, 0) is 16.0 Å². The Morgan fingerprint density at radius 1 is 1.14 bits per heavy atom. The summed E-state index contributed by atoms with van der Waals surface area (Å²) in [6, 6.07) is 12.3. The van der Waals surface area contributed by atoms with Crippen molar-refractivity contribution in [2.24, 2.45) is 0 Å². The van der Waals surface area contributed by atoms with Crippen LogP contribution < -0.4 is 14.8 Å². The fourth-order valence-corrected chi connectivity index (χ4v) is 4.91. The number of amides is 1. The van der Waals surface area contributed by atoms with Crippen LogP contribution in [0.25, 0.3) is 10.9 Å². The van der Waals surface area contributed by atoms with Crippen molar-refractivity contribution in [1.29, 1.82) is 0 Å². The van der Waals surface area contributed by atoms with Crippen molar-refractivity contribution in [3.05, 3.63) is 59.3 Å². The van der Waals surface area contributed by atoms with E-state index in [1.54, 1.807) is 14.2 Å². The number of H-pyrrole nitrogens is 1. The zero-order chi connectivity index (χ0) is 24.6. The summed E-state index contributed by atoms with van der Waals surface area (Å²) < 4.78 is 16.4. The highest BCUT2D eigenvalue weighted by Crippen LogP contribution is 2.38. The molecule has 0 radical (unpaired) electrons. The van der Waals surface area contributed by atoms with E-state index in [1.807, 2.05) is 18.2 Å². The topological polar surface area (TPSA) is 75.8 Å². The van der Waals surface area contributed by atoms with Gasteiger partial charge in [0.1, 0.15) is 0 Å². The second kappa shape index (κ2) is 12.1. The van der Waals surface area contributed by atoms with E-state index < -0.39 is 0 Å². The second-order valence-corrected chi connectivity index (χ2v) is 8.97. The Kier molecular flexibility index (Phi) is 8.66. The van der Waals surface area contributed by atoms with Crippen molar-refractivity contribution in [2.75, 3.05) is 53.6 Å². The molecule has 1 fully saturated rings.